The second kappa shape index (κ2) is 4.53. The topological polar surface area (TPSA) is 56.7 Å². The number of rotatable bonds is 3. The van der Waals surface area contributed by atoms with E-state index in [4.69, 9.17) is 5.73 Å². The van der Waals surface area contributed by atoms with Crippen LogP contribution in [-0.2, 0) is 6.42 Å². The third-order valence-electron chi connectivity index (χ3n) is 2.61. The molecule has 0 unspecified atom stereocenters. The Hall–Kier alpha value is -1.91. The lowest BCUT2D eigenvalue weighted by Gasteiger charge is -2.07. The number of aromatic nitrogens is 3. The third-order valence-corrected chi connectivity index (χ3v) is 2.61. The molecular formula is C12H15FN4. The van der Waals surface area contributed by atoms with Gasteiger partial charge in [0.25, 0.3) is 0 Å². The van der Waals surface area contributed by atoms with E-state index in [0.717, 1.165) is 24.1 Å². The van der Waals surface area contributed by atoms with Crippen molar-refractivity contribution in [3.63, 3.8) is 0 Å². The number of hydrogen-bond donors (Lipinski definition) is 1. The van der Waals surface area contributed by atoms with Crippen LogP contribution in [0.3, 0.4) is 0 Å². The van der Waals surface area contributed by atoms with E-state index in [2.05, 4.69) is 10.3 Å². The minimum Gasteiger partial charge on any atom is -0.381 e. The summed E-state index contributed by atoms with van der Waals surface area (Å²) < 4.78 is 15.2. The predicted octanol–water partition coefficient (Wildman–Crippen LogP) is 2.25. The van der Waals surface area contributed by atoms with Crippen molar-refractivity contribution in [2.45, 2.75) is 26.7 Å². The van der Waals surface area contributed by atoms with Gasteiger partial charge in [-0.05, 0) is 31.0 Å². The Morgan fingerprint density at radius 1 is 1.41 bits per heavy atom. The maximum Gasteiger partial charge on any atom is 0.169 e. The molecule has 0 spiro atoms. The summed E-state index contributed by atoms with van der Waals surface area (Å²) in [7, 11) is 0. The molecule has 2 rings (SSSR count). The predicted molar refractivity (Wildman–Crippen MR) is 64.5 cm³/mol. The molecule has 1 aromatic heterocycles. The fraction of sp³-hybridized carbons (Fsp3) is 0.333. The number of benzene rings is 1. The highest BCUT2D eigenvalue weighted by atomic mass is 19.1. The summed E-state index contributed by atoms with van der Waals surface area (Å²) in [4.78, 5) is 0. The minimum absolute atomic E-state index is 0.321. The fourth-order valence-electron chi connectivity index (χ4n) is 1.76. The molecule has 0 bridgehead atoms. The van der Waals surface area contributed by atoms with Crippen LogP contribution in [0, 0.1) is 12.7 Å². The van der Waals surface area contributed by atoms with E-state index >= 15 is 0 Å². The van der Waals surface area contributed by atoms with Crippen molar-refractivity contribution in [3.8, 4) is 5.69 Å². The molecule has 0 aliphatic heterocycles. The molecule has 0 aliphatic carbocycles. The number of nitrogens with two attached hydrogens (primary N) is 1. The summed E-state index contributed by atoms with van der Waals surface area (Å²) in [5, 5.41) is 7.71. The second-order valence-corrected chi connectivity index (χ2v) is 4.04. The average molecular weight is 234 g/mol. The molecule has 0 saturated carbocycles. The van der Waals surface area contributed by atoms with Gasteiger partial charge in [0.2, 0.25) is 0 Å². The van der Waals surface area contributed by atoms with Crippen LogP contribution in [0.4, 0.5) is 10.2 Å². The standard InChI is InChI=1S/C12H15FN4/c1-3-4-10-12(14)15-16-17(10)11-7-8(2)5-6-9(11)13/h5-7H,3-4,14H2,1-2H3. The zero-order valence-electron chi connectivity index (χ0n) is 9.94. The summed E-state index contributed by atoms with van der Waals surface area (Å²) in [5.74, 6) is 0.0469. The van der Waals surface area contributed by atoms with Gasteiger partial charge in [-0.1, -0.05) is 24.6 Å². The van der Waals surface area contributed by atoms with Crippen molar-refractivity contribution in [2.75, 3.05) is 5.73 Å². The maximum absolute atomic E-state index is 13.8. The zero-order chi connectivity index (χ0) is 12.4. The monoisotopic (exact) mass is 234 g/mol. The summed E-state index contributed by atoms with van der Waals surface area (Å²) in [5.41, 5.74) is 7.87. The van der Waals surface area contributed by atoms with Crippen LogP contribution in [0.25, 0.3) is 5.69 Å². The number of nitrogens with zero attached hydrogens (tertiary/aromatic N) is 3. The van der Waals surface area contributed by atoms with Gasteiger partial charge >= 0.3 is 0 Å². The molecule has 2 aromatic rings. The summed E-state index contributed by atoms with van der Waals surface area (Å²) in [6, 6.07) is 4.89. The Morgan fingerprint density at radius 3 is 2.88 bits per heavy atom. The van der Waals surface area contributed by atoms with Crippen molar-refractivity contribution in [1.29, 1.82) is 0 Å². The van der Waals surface area contributed by atoms with Crippen molar-refractivity contribution >= 4 is 5.82 Å². The van der Waals surface area contributed by atoms with Gasteiger partial charge in [0.15, 0.2) is 5.82 Å². The van der Waals surface area contributed by atoms with Crippen LogP contribution in [0.2, 0.25) is 0 Å². The molecule has 0 atom stereocenters. The number of nitrogen functional groups attached to an aromatic ring is 1. The Kier molecular flexibility index (Phi) is 3.08. The van der Waals surface area contributed by atoms with Gasteiger partial charge in [-0.25, -0.2) is 9.07 Å². The molecule has 4 nitrogen and oxygen atoms in total. The van der Waals surface area contributed by atoms with Gasteiger partial charge in [-0.3, -0.25) is 0 Å². The van der Waals surface area contributed by atoms with Crippen molar-refractivity contribution in [2.24, 2.45) is 0 Å². The van der Waals surface area contributed by atoms with E-state index in [1.54, 1.807) is 12.1 Å². The van der Waals surface area contributed by atoms with Crippen molar-refractivity contribution < 1.29 is 4.39 Å². The molecule has 0 radical (unpaired) electrons. The molecule has 0 aliphatic rings. The normalized spacial score (nSPS) is 10.8. The lowest BCUT2D eigenvalue weighted by atomic mass is 10.2. The van der Waals surface area contributed by atoms with Crippen LogP contribution in [0.15, 0.2) is 18.2 Å². The van der Waals surface area contributed by atoms with Gasteiger partial charge in [0.1, 0.15) is 11.5 Å². The number of halogens is 1. The van der Waals surface area contributed by atoms with Gasteiger partial charge in [0, 0.05) is 0 Å². The minimum atomic E-state index is -0.321. The first-order chi connectivity index (χ1) is 8.13. The first-order valence-corrected chi connectivity index (χ1v) is 5.60. The van der Waals surface area contributed by atoms with Crippen LogP contribution in [0.1, 0.15) is 24.6 Å². The van der Waals surface area contributed by atoms with Gasteiger partial charge in [0.05, 0.1) is 5.69 Å². The Bertz CT molecular complexity index is 533. The largest absolute Gasteiger partial charge is 0.381 e. The van der Waals surface area contributed by atoms with E-state index < -0.39 is 0 Å². The van der Waals surface area contributed by atoms with Crippen LogP contribution < -0.4 is 5.73 Å². The molecule has 0 amide bonds. The number of anilines is 1. The molecule has 0 saturated heterocycles. The highest BCUT2D eigenvalue weighted by Gasteiger charge is 2.14. The Balaban J connectivity index is 2.56. The van der Waals surface area contributed by atoms with Gasteiger partial charge in [-0.15, -0.1) is 5.10 Å². The molecule has 5 heteroatoms. The van der Waals surface area contributed by atoms with Gasteiger partial charge < -0.3 is 5.73 Å². The average Bonchev–Trinajstić information content (AvgIpc) is 2.65. The zero-order valence-corrected chi connectivity index (χ0v) is 9.94. The molecule has 17 heavy (non-hydrogen) atoms. The molecular weight excluding hydrogens is 219 g/mol. The lowest BCUT2D eigenvalue weighted by Crippen LogP contribution is -2.06. The highest BCUT2D eigenvalue weighted by molar-refractivity contribution is 5.43. The molecule has 1 heterocycles. The van der Waals surface area contributed by atoms with Gasteiger partial charge in [-0.2, -0.15) is 0 Å². The van der Waals surface area contributed by atoms with Crippen LogP contribution in [0.5, 0.6) is 0 Å². The summed E-state index contributed by atoms with van der Waals surface area (Å²) >= 11 is 0. The van der Waals surface area contributed by atoms with Crippen molar-refractivity contribution in [1.82, 2.24) is 15.0 Å². The summed E-state index contributed by atoms with van der Waals surface area (Å²) in [6.07, 6.45) is 1.64. The maximum atomic E-state index is 13.8. The molecule has 2 N–H and O–H groups in total. The Labute approximate surface area is 99.2 Å². The smallest absolute Gasteiger partial charge is 0.169 e. The molecule has 90 valence electrons. The fourth-order valence-corrected chi connectivity index (χ4v) is 1.76. The third kappa shape index (κ3) is 2.13. The molecule has 0 fully saturated rings. The number of hydrogen-bond acceptors (Lipinski definition) is 3. The van der Waals surface area contributed by atoms with Crippen LogP contribution in [-0.4, -0.2) is 15.0 Å². The first kappa shape index (κ1) is 11.6. The molecule has 1 aromatic carbocycles. The van der Waals surface area contributed by atoms with E-state index in [1.807, 2.05) is 13.8 Å². The summed E-state index contributed by atoms with van der Waals surface area (Å²) in [6.45, 7) is 3.94. The first-order valence-electron chi connectivity index (χ1n) is 5.60. The van der Waals surface area contributed by atoms with Crippen molar-refractivity contribution in [3.05, 3.63) is 35.3 Å². The lowest BCUT2D eigenvalue weighted by molar-refractivity contribution is 0.600. The van der Waals surface area contributed by atoms with E-state index in [9.17, 15) is 4.39 Å². The van der Waals surface area contributed by atoms with E-state index in [1.165, 1.54) is 10.7 Å². The highest BCUT2D eigenvalue weighted by Crippen LogP contribution is 2.19. The Morgan fingerprint density at radius 2 is 2.18 bits per heavy atom. The number of aryl methyl sites for hydroxylation is 1. The van der Waals surface area contributed by atoms with E-state index in [0.29, 0.717) is 11.5 Å². The quantitative estimate of drug-likeness (QED) is 0.886. The SMILES string of the molecule is CCCc1c(N)nnn1-c1cc(C)ccc1F. The second-order valence-electron chi connectivity index (χ2n) is 4.04. The van der Waals surface area contributed by atoms with Crippen LogP contribution >= 0.6 is 0 Å². The van der Waals surface area contributed by atoms with E-state index in [-0.39, 0.29) is 5.82 Å².